The first kappa shape index (κ1) is 24.3. The summed E-state index contributed by atoms with van der Waals surface area (Å²) in [4.78, 5) is 19.1. The summed E-state index contributed by atoms with van der Waals surface area (Å²) in [5.74, 6) is -3.49. The van der Waals surface area contributed by atoms with Crippen molar-refractivity contribution in [2.24, 2.45) is 16.8 Å². The van der Waals surface area contributed by atoms with Crippen molar-refractivity contribution in [3.63, 3.8) is 0 Å². The lowest BCUT2D eigenvalue weighted by molar-refractivity contribution is -0.126. The van der Waals surface area contributed by atoms with Crippen LogP contribution in [0.1, 0.15) is 30.0 Å². The number of benzene rings is 2. The highest BCUT2D eigenvalue weighted by atomic mass is 19.1. The SMILES string of the molecule is C=C(C)[C@H]1CCN(C(=O)C2=C(F)C(Cc3ccc(OC)c(F)c3)C(c3ccc(C#N)c(F)c3)=N2)C1. The van der Waals surface area contributed by atoms with Gasteiger partial charge in [-0.15, -0.1) is 0 Å². The molecule has 0 radical (unpaired) electrons. The minimum Gasteiger partial charge on any atom is -0.494 e. The van der Waals surface area contributed by atoms with Crippen LogP contribution >= 0.6 is 0 Å². The molecular formula is C27H24F3N3O2. The van der Waals surface area contributed by atoms with Crippen LogP contribution in [-0.2, 0) is 11.2 Å². The van der Waals surface area contributed by atoms with E-state index in [2.05, 4.69) is 11.6 Å². The van der Waals surface area contributed by atoms with Crippen molar-refractivity contribution in [2.75, 3.05) is 20.2 Å². The second kappa shape index (κ2) is 9.79. The summed E-state index contributed by atoms with van der Waals surface area (Å²) in [7, 11) is 1.34. The van der Waals surface area contributed by atoms with E-state index in [4.69, 9.17) is 10.00 Å². The van der Waals surface area contributed by atoms with Crippen LogP contribution in [0.2, 0.25) is 0 Å². The van der Waals surface area contributed by atoms with Gasteiger partial charge in [-0.3, -0.25) is 4.79 Å². The molecule has 0 aliphatic carbocycles. The number of rotatable bonds is 6. The van der Waals surface area contributed by atoms with E-state index in [-0.39, 0.29) is 40.6 Å². The summed E-state index contributed by atoms with van der Waals surface area (Å²) in [5.41, 5.74) is 1.33. The van der Waals surface area contributed by atoms with Gasteiger partial charge in [0.15, 0.2) is 17.3 Å². The van der Waals surface area contributed by atoms with Crippen molar-refractivity contribution in [1.29, 1.82) is 5.26 Å². The Morgan fingerprint density at radius 2 is 2.00 bits per heavy atom. The van der Waals surface area contributed by atoms with E-state index in [0.717, 1.165) is 18.1 Å². The number of hydrogen-bond donors (Lipinski definition) is 0. The van der Waals surface area contributed by atoms with Gasteiger partial charge >= 0.3 is 0 Å². The molecule has 0 N–H and O–H groups in total. The van der Waals surface area contributed by atoms with Gasteiger partial charge in [-0.05, 0) is 61.1 Å². The topological polar surface area (TPSA) is 65.7 Å². The second-order valence-corrected chi connectivity index (χ2v) is 8.81. The van der Waals surface area contributed by atoms with Crippen LogP contribution in [0.15, 0.2) is 65.1 Å². The third kappa shape index (κ3) is 4.72. The Kier molecular flexibility index (Phi) is 6.79. The van der Waals surface area contributed by atoms with Gasteiger partial charge in [-0.25, -0.2) is 18.2 Å². The average Bonchev–Trinajstić information content (AvgIpc) is 3.45. The number of nitrogens with zero attached hydrogens (tertiary/aromatic N) is 3. The molecule has 2 atom stereocenters. The lowest BCUT2D eigenvalue weighted by atomic mass is 9.90. The van der Waals surface area contributed by atoms with Crippen LogP contribution in [0.3, 0.4) is 0 Å². The number of ether oxygens (including phenoxy) is 1. The van der Waals surface area contributed by atoms with Crippen LogP contribution in [0.4, 0.5) is 13.2 Å². The van der Waals surface area contributed by atoms with Crippen molar-refractivity contribution < 1.29 is 22.7 Å². The largest absolute Gasteiger partial charge is 0.494 e. The molecule has 35 heavy (non-hydrogen) atoms. The molecule has 1 fully saturated rings. The van der Waals surface area contributed by atoms with E-state index in [0.29, 0.717) is 18.7 Å². The summed E-state index contributed by atoms with van der Waals surface area (Å²) in [5, 5.41) is 9.04. The third-order valence-electron chi connectivity index (χ3n) is 6.51. The van der Waals surface area contributed by atoms with Gasteiger partial charge in [0, 0.05) is 13.1 Å². The first-order valence-electron chi connectivity index (χ1n) is 11.2. The molecule has 0 aromatic heterocycles. The van der Waals surface area contributed by atoms with E-state index in [1.807, 2.05) is 6.92 Å². The Bertz CT molecular complexity index is 1310. The molecule has 1 amide bonds. The third-order valence-corrected chi connectivity index (χ3v) is 6.51. The molecule has 4 rings (SSSR count). The summed E-state index contributed by atoms with van der Waals surface area (Å²) in [6.07, 6.45) is 0.736. The Morgan fingerprint density at radius 3 is 2.60 bits per heavy atom. The standard InChI is InChI=1S/C27H24F3N3O2/c1-15(2)19-8-9-33(14-19)27(34)26-24(30)20(10-16-4-7-23(35-3)22(29)11-16)25(32-26)17-5-6-18(13-31)21(28)12-17/h4-7,11-12,19-20H,1,8-10,14H2,2-3H3/t19-,20?/m0/s1. The first-order chi connectivity index (χ1) is 16.7. The number of amides is 1. The Hall–Kier alpha value is -3.86. The number of likely N-dealkylation sites (tertiary alicyclic amines) is 1. The zero-order valence-corrected chi connectivity index (χ0v) is 19.4. The molecule has 2 aromatic rings. The van der Waals surface area contributed by atoms with E-state index in [9.17, 15) is 13.6 Å². The van der Waals surface area contributed by atoms with Gasteiger partial charge in [0.1, 0.15) is 17.7 Å². The van der Waals surface area contributed by atoms with Crippen LogP contribution in [0.25, 0.3) is 0 Å². The molecule has 2 aliphatic heterocycles. The molecule has 180 valence electrons. The number of allylic oxidation sites excluding steroid dienone is 1. The lowest BCUT2D eigenvalue weighted by Gasteiger charge is -2.16. The summed E-state index contributed by atoms with van der Waals surface area (Å²) < 4.78 is 49.4. The van der Waals surface area contributed by atoms with E-state index < -0.39 is 29.3 Å². The van der Waals surface area contributed by atoms with Gasteiger partial charge in [0.25, 0.3) is 5.91 Å². The number of aliphatic imine (C=N–C) groups is 1. The Morgan fingerprint density at radius 1 is 1.23 bits per heavy atom. The highest BCUT2D eigenvalue weighted by molar-refractivity contribution is 6.11. The summed E-state index contributed by atoms with van der Waals surface area (Å²) >= 11 is 0. The molecular weight excluding hydrogens is 455 g/mol. The fraction of sp³-hybridized carbons (Fsp3) is 0.296. The van der Waals surface area contributed by atoms with Gasteiger partial charge in [0.2, 0.25) is 0 Å². The van der Waals surface area contributed by atoms with Crippen molar-refractivity contribution in [3.8, 4) is 11.8 Å². The first-order valence-corrected chi connectivity index (χ1v) is 11.2. The predicted molar refractivity (Wildman–Crippen MR) is 125 cm³/mol. The molecule has 1 saturated heterocycles. The highest BCUT2D eigenvalue weighted by Gasteiger charge is 2.38. The molecule has 2 aliphatic rings. The molecule has 0 saturated carbocycles. The number of halogens is 3. The predicted octanol–water partition coefficient (Wildman–Crippen LogP) is 5.11. The molecule has 0 spiro atoms. The normalized spacial score (nSPS) is 19.5. The molecule has 0 bridgehead atoms. The monoisotopic (exact) mass is 479 g/mol. The number of hydrogen-bond acceptors (Lipinski definition) is 4. The lowest BCUT2D eigenvalue weighted by Crippen LogP contribution is -2.29. The minimum atomic E-state index is -1.02. The maximum atomic E-state index is 15.8. The Balaban J connectivity index is 1.71. The zero-order valence-electron chi connectivity index (χ0n) is 19.4. The number of carbonyl (C=O) groups excluding carboxylic acids is 1. The maximum Gasteiger partial charge on any atom is 0.275 e. The molecule has 2 aromatic carbocycles. The van der Waals surface area contributed by atoms with Gasteiger partial charge in [-0.1, -0.05) is 24.3 Å². The van der Waals surface area contributed by atoms with Crippen molar-refractivity contribution in [2.45, 2.75) is 19.8 Å². The van der Waals surface area contributed by atoms with Crippen LogP contribution < -0.4 is 4.74 Å². The minimum absolute atomic E-state index is 0.00161. The second-order valence-electron chi connectivity index (χ2n) is 8.81. The van der Waals surface area contributed by atoms with Gasteiger partial charge < -0.3 is 9.64 Å². The molecule has 1 unspecified atom stereocenters. The number of carbonyl (C=O) groups is 1. The zero-order chi connectivity index (χ0) is 25.3. The number of nitriles is 1. The Labute approximate surface area is 201 Å². The van der Waals surface area contributed by atoms with Crippen molar-refractivity contribution in [1.82, 2.24) is 4.90 Å². The fourth-order valence-electron chi connectivity index (χ4n) is 4.47. The summed E-state index contributed by atoms with van der Waals surface area (Å²) in [6.45, 7) is 6.73. The van der Waals surface area contributed by atoms with Gasteiger partial charge in [-0.2, -0.15) is 5.26 Å². The molecule has 8 heteroatoms. The summed E-state index contributed by atoms with van der Waals surface area (Å²) in [6, 6.07) is 9.88. The van der Waals surface area contributed by atoms with E-state index >= 15 is 4.39 Å². The molecule has 5 nitrogen and oxygen atoms in total. The number of methoxy groups -OCH3 is 1. The maximum absolute atomic E-state index is 15.8. The van der Waals surface area contributed by atoms with Crippen LogP contribution in [0, 0.1) is 34.8 Å². The molecule has 2 heterocycles. The quantitative estimate of drug-likeness (QED) is 0.541. The highest BCUT2D eigenvalue weighted by Crippen LogP contribution is 2.36. The van der Waals surface area contributed by atoms with Crippen molar-refractivity contribution >= 4 is 11.6 Å². The van der Waals surface area contributed by atoms with Crippen LogP contribution in [0.5, 0.6) is 5.75 Å². The van der Waals surface area contributed by atoms with Gasteiger partial charge in [0.05, 0.1) is 24.3 Å². The van der Waals surface area contributed by atoms with Crippen molar-refractivity contribution in [3.05, 3.63) is 88.4 Å². The fourth-order valence-corrected chi connectivity index (χ4v) is 4.47. The average molecular weight is 480 g/mol. The van der Waals surface area contributed by atoms with E-state index in [1.54, 1.807) is 17.0 Å². The van der Waals surface area contributed by atoms with Crippen LogP contribution in [-0.4, -0.2) is 36.7 Å². The van der Waals surface area contributed by atoms with E-state index in [1.165, 1.54) is 31.4 Å². The smallest absolute Gasteiger partial charge is 0.275 e.